The molecule has 0 fully saturated rings. The number of fused-ring (bicyclic) bond motifs is 1. The van der Waals surface area contributed by atoms with Crippen molar-refractivity contribution < 1.29 is 9.53 Å². The highest BCUT2D eigenvalue weighted by Crippen LogP contribution is 2.35. The van der Waals surface area contributed by atoms with E-state index in [4.69, 9.17) is 10.00 Å². The van der Waals surface area contributed by atoms with E-state index in [1.807, 2.05) is 29.1 Å². The molecule has 0 aliphatic heterocycles. The van der Waals surface area contributed by atoms with Crippen LogP contribution in [0.3, 0.4) is 0 Å². The van der Waals surface area contributed by atoms with Crippen LogP contribution in [-0.2, 0) is 11.2 Å². The summed E-state index contributed by atoms with van der Waals surface area (Å²) in [7, 11) is 1.38. The van der Waals surface area contributed by atoms with Crippen molar-refractivity contribution in [2.24, 2.45) is 0 Å². The van der Waals surface area contributed by atoms with Crippen LogP contribution >= 0.6 is 0 Å². The van der Waals surface area contributed by atoms with Crippen LogP contribution in [-0.4, -0.2) is 22.9 Å². The molecule has 0 saturated heterocycles. The standard InChI is InChI=1S/C17H17N3O2/c1-22-17(21)13-6-2-3-7-15(13)20-16-8-4-5-12(9-10-18)14(16)11-19-20/h2-3,6-7,11-12H,4-5,8-9H2,1H3. The van der Waals surface area contributed by atoms with Gasteiger partial charge in [0.1, 0.15) is 0 Å². The van der Waals surface area contributed by atoms with Crippen molar-refractivity contribution in [1.29, 1.82) is 5.26 Å². The maximum absolute atomic E-state index is 12.0. The second kappa shape index (κ2) is 6.02. The molecule has 112 valence electrons. The number of benzene rings is 1. The Kier molecular flexibility index (Phi) is 3.92. The van der Waals surface area contributed by atoms with Crippen LogP contribution in [0.1, 0.15) is 46.8 Å². The molecule has 1 aromatic carbocycles. The summed E-state index contributed by atoms with van der Waals surface area (Å²) >= 11 is 0. The fraction of sp³-hybridized carbons (Fsp3) is 0.353. The van der Waals surface area contributed by atoms with Crippen LogP contribution < -0.4 is 0 Å². The summed E-state index contributed by atoms with van der Waals surface area (Å²) in [6, 6.07) is 9.55. The Bertz CT molecular complexity index is 743. The topological polar surface area (TPSA) is 67.9 Å². The van der Waals surface area contributed by atoms with Gasteiger partial charge in [0.05, 0.1) is 30.6 Å². The summed E-state index contributed by atoms with van der Waals surface area (Å²) < 4.78 is 6.68. The zero-order valence-electron chi connectivity index (χ0n) is 12.5. The van der Waals surface area contributed by atoms with Crippen molar-refractivity contribution >= 4 is 5.97 Å². The summed E-state index contributed by atoms with van der Waals surface area (Å²) in [5, 5.41) is 13.5. The normalized spacial score (nSPS) is 16.6. The molecule has 5 heteroatoms. The first-order valence-electron chi connectivity index (χ1n) is 7.37. The van der Waals surface area contributed by atoms with E-state index in [1.54, 1.807) is 6.07 Å². The van der Waals surface area contributed by atoms with Gasteiger partial charge < -0.3 is 4.74 Å². The third-order valence-corrected chi connectivity index (χ3v) is 4.18. The van der Waals surface area contributed by atoms with E-state index in [1.165, 1.54) is 7.11 Å². The highest BCUT2D eigenvalue weighted by atomic mass is 16.5. The number of carbonyl (C=O) groups excluding carboxylic acids is 1. The monoisotopic (exact) mass is 295 g/mol. The number of nitriles is 1. The molecule has 1 aromatic heterocycles. The molecule has 3 rings (SSSR count). The van der Waals surface area contributed by atoms with E-state index in [0.29, 0.717) is 12.0 Å². The Hall–Kier alpha value is -2.61. The lowest BCUT2D eigenvalue weighted by molar-refractivity contribution is 0.0600. The minimum atomic E-state index is -0.371. The first kappa shape index (κ1) is 14.3. The average Bonchev–Trinajstić information content (AvgIpc) is 2.99. The number of hydrogen-bond acceptors (Lipinski definition) is 4. The molecule has 1 aliphatic rings. The van der Waals surface area contributed by atoms with E-state index in [0.717, 1.165) is 36.2 Å². The van der Waals surface area contributed by atoms with Crippen molar-refractivity contribution in [3.8, 4) is 11.8 Å². The summed E-state index contributed by atoms with van der Waals surface area (Å²) in [4.78, 5) is 12.0. The van der Waals surface area contributed by atoms with Gasteiger partial charge in [0, 0.05) is 18.0 Å². The van der Waals surface area contributed by atoms with Gasteiger partial charge in [-0.25, -0.2) is 9.48 Å². The number of hydrogen-bond donors (Lipinski definition) is 0. The lowest BCUT2D eigenvalue weighted by atomic mass is 9.85. The van der Waals surface area contributed by atoms with Crippen LogP contribution in [0.2, 0.25) is 0 Å². The first-order chi connectivity index (χ1) is 10.8. The van der Waals surface area contributed by atoms with E-state index >= 15 is 0 Å². The van der Waals surface area contributed by atoms with Gasteiger partial charge in [-0.2, -0.15) is 10.4 Å². The van der Waals surface area contributed by atoms with E-state index in [2.05, 4.69) is 11.2 Å². The van der Waals surface area contributed by atoms with E-state index in [9.17, 15) is 4.79 Å². The fourth-order valence-corrected chi connectivity index (χ4v) is 3.12. The Balaban J connectivity index is 2.08. The summed E-state index contributed by atoms with van der Waals surface area (Å²) in [5.41, 5.74) is 3.46. The molecule has 1 unspecified atom stereocenters. The summed E-state index contributed by atoms with van der Waals surface area (Å²) in [6.45, 7) is 0. The molecule has 1 aliphatic carbocycles. The van der Waals surface area contributed by atoms with Crippen molar-refractivity contribution in [3.05, 3.63) is 47.3 Å². The zero-order chi connectivity index (χ0) is 15.5. The number of aromatic nitrogens is 2. The van der Waals surface area contributed by atoms with Crippen LogP contribution in [0, 0.1) is 11.3 Å². The van der Waals surface area contributed by atoms with Crippen molar-refractivity contribution in [1.82, 2.24) is 9.78 Å². The Morgan fingerprint density at radius 3 is 3.09 bits per heavy atom. The molecule has 22 heavy (non-hydrogen) atoms. The van der Waals surface area contributed by atoms with Gasteiger partial charge in [-0.1, -0.05) is 12.1 Å². The smallest absolute Gasteiger partial charge is 0.340 e. The number of nitrogens with zero attached hydrogens (tertiary/aromatic N) is 3. The largest absolute Gasteiger partial charge is 0.465 e. The van der Waals surface area contributed by atoms with Crippen molar-refractivity contribution in [3.63, 3.8) is 0 Å². The van der Waals surface area contributed by atoms with Crippen molar-refractivity contribution in [2.45, 2.75) is 31.6 Å². The molecule has 0 saturated carbocycles. The van der Waals surface area contributed by atoms with Crippen LogP contribution in [0.25, 0.3) is 5.69 Å². The number of ether oxygens (including phenoxy) is 1. The molecule has 2 aromatic rings. The van der Waals surface area contributed by atoms with E-state index < -0.39 is 0 Å². The SMILES string of the molecule is COC(=O)c1ccccc1-n1ncc2c1CCCC2CC#N. The number of carbonyl (C=O) groups is 1. The molecule has 0 bridgehead atoms. The van der Waals surface area contributed by atoms with E-state index in [-0.39, 0.29) is 11.9 Å². The number of methoxy groups -OCH3 is 1. The van der Waals surface area contributed by atoms with Gasteiger partial charge in [-0.05, 0) is 37.0 Å². The van der Waals surface area contributed by atoms with Gasteiger partial charge in [-0.3, -0.25) is 0 Å². The zero-order valence-corrected chi connectivity index (χ0v) is 12.5. The van der Waals surface area contributed by atoms with Gasteiger partial charge in [0.15, 0.2) is 0 Å². The quantitative estimate of drug-likeness (QED) is 0.816. The number of para-hydroxylation sites is 1. The lowest BCUT2D eigenvalue weighted by Crippen LogP contribution is -2.14. The second-order valence-electron chi connectivity index (χ2n) is 5.42. The highest BCUT2D eigenvalue weighted by Gasteiger charge is 2.26. The van der Waals surface area contributed by atoms with Gasteiger partial charge in [0.25, 0.3) is 0 Å². The third-order valence-electron chi connectivity index (χ3n) is 4.18. The molecular weight excluding hydrogens is 278 g/mol. The summed E-state index contributed by atoms with van der Waals surface area (Å²) in [5.74, 6) is -0.128. The van der Waals surface area contributed by atoms with Crippen LogP contribution in [0.15, 0.2) is 30.5 Å². The van der Waals surface area contributed by atoms with Crippen molar-refractivity contribution in [2.75, 3.05) is 7.11 Å². The van der Waals surface area contributed by atoms with Crippen LogP contribution in [0.5, 0.6) is 0 Å². The molecule has 0 amide bonds. The van der Waals surface area contributed by atoms with Gasteiger partial charge in [0.2, 0.25) is 0 Å². The number of esters is 1. The number of rotatable bonds is 3. The predicted octanol–water partition coefficient (Wildman–Crippen LogP) is 2.99. The molecule has 5 nitrogen and oxygen atoms in total. The maximum Gasteiger partial charge on any atom is 0.340 e. The molecule has 0 radical (unpaired) electrons. The molecule has 0 N–H and O–H groups in total. The minimum absolute atomic E-state index is 0.243. The Morgan fingerprint density at radius 1 is 1.50 bits per heavy atom. The van der Waals surface area contributed by atoms with Crippen LogP contribution in [0.4, 0.5) is 0 Å². The maximum atomic E-state index is 12.0. The predicted molar refractivity (Wildman–Crippen MR) is 80.8 cm³/mol. The Morgan fingerprint density at radius 2 is 2.32 bits per heavy atom. The minimum Gasteiger partial charge on any atom is -0.465 e. The molecular formula is C17H17N3O2. The molecule has 1 atom stereocenters. The Labute approximate surface area is 129 Å². The lowest BCUT2D eigenvalue weighted by Gasteiger charge is -2.21. The van der Waals surface area contributed by atoms with Gasteiger partial charge >= 0.3 is 5.97 Å². The average molecular weight is 295 g/mol. The third kappa shape index (κ3) is 2.37. The molecule has 0 spiro atoms. The highest BCUT2D eigenvalue weighted by molar-refractivity contribution is 5.93. The summed E-state index contributed by atoms with van der Waals surface area (Å²) in [6.07, 6.45) is 5.31. The molecule has 1 heterocycles. The first-order valence-corrected chi connectivity index (χ1v) is 7.37. The second-order valence-corrected chi connectivity index (χ2v) is 5.42. The van der Waals surface area contributed by atoms with Gasteiger partial charge in [-0.15, -0.1) is 0 Å². The fourth-order valence-electron chi connectivity index (χ4n) is 3.12.